The first kappa shape index (κ1) is 22.1. The van der Waals surface area contributed by atoms with E-state index < -0.39 is 4.92 Å². The fraction of sp³-hybridized carbons (Fsp3) is 0.720. The number of non-ortho nitro benzene ring substituents is 1. The van der Waals surface area contributed by atoms with E-state index in [1.54, 1.807) is 0 Å². The van der Waals surface area contributed by atoms with Crippen LogP contribution in [0.4, 0.5) is 5.69 Å². The summed E-state index contributed by atoms with van der Waals surface area (Å²) in [5, 5.41) is 26.2. The van der Waals surface area contributed by atoms with E-state index in [0.29, 0.717) is 23.0 Å². The molecule has 174 valence electrons. The van der Waals surface area contributed by atoms with E-state index in [-0.39, 0.29) is 22.2 Å². The maximum Gasteiger partial charge on any atom is 0.271 e. The van der Waals surface area contributed by atoms with Crippen molar-refractivity contribution in [3.63, 3.8) is 0 Å². The number of nitrogens with zero attached hydrogens (tertiary/aromatic N) is 2. The van der Waals surface area contributed by atoms with Crippen molar-refractivity contribution in [3.05, 3.63) is 33.3 Å². The van der Waals surface area contributed by atoms with Gasteiger partial charge in [0.1, 0.15) is 0 Å². The van der Waals surface area contributed by atoms with Gasteiger partial charge in [-0.2, -0.15) is 0 Å². The summed E-state index contributed by atoms with van der Waals surface area (Å²) in [6, 6.07) is 4.20. The summed E-state index contributed by atoms with van der Waals surface area (Å²) >= 11 is 6.15. The van der Waals surface area contributed by atoms with Gasteiger partial charge in [0.05, 0.1) is 21.8 Å². The number of aliphatic hydroxyl groups is 1. The van der Waals surface area contributed by atoms with Crippen LogP contribution in [0.5, 0.6) is 5.75 Å². The molecule has 1 N–H and O–H groups in total. The van der Waals surface area contributed by atoms with Crippen molar-refractivity contribution < 1.29 is 14.9 Å². The van der Waals surface area contributed by atoms with E-state index in [4.69, 9.17) is 16.4 Å². The van der Waals surface area contributed by atoms with Crippen molar-refractivity contribution >= 4 is 23.0 Å². The maximum absolute atomic E-state index is 10.9. The highest BCUT2D eigenvalue weighted by Crippen LogP contribution is 2.66. The van der Waals surface area contributed by atoms with E-state index in [2.05, 4.69) is 19.0 Å². The van der Waals surface area contributed by atoms with Gasteiger partial charge in [-0.15, -0.1) is 0 Å². The van der Waals surface area contributed by atoms with Crippen LogP contribution >= 0.6 is 11.6 Å². The van der Waals surface area contributed by atoms with Crippen molar-refractivity contribution in [2.45, 2.75) is 77.7 Å². The average Bonchev–Trinajstić information content (AvgIpc) is 3.07. The summed E-state index contributed by atoms with van der Waals surface area (Å²) in [6.45, 7) is 4.85. The number of rotatable bonds is 3. The number of hydrogen-bond acceptors (Lipinski definition) is 5. The lowest BCUT2D eigenvalue weighted by atomic mass is 9.45. The Kier molecular flexibility index (Phi) is 5.52. The van der Waals surface area contributed by atoms with Crippen LogP contribution < -0.4 is 4.84 Å². The van der Waals surface area contributed by atoms with Crippen molar-refractivity contribution in [2.24, 2.45) is 39.7 Å². The number of aliphatic hydroxyl groups excluding tert-OH is 1. The molecule has 0 heterocycles. The fourth-order valence-corrected chi connectivity index (χ4v) is 8.12. The summed E-state index contributed by atoms with van der Waals surface area (Å²) in [4.78, 5) is 16.0. The molecule has 0 bridgehead atoms. The zero-order chi connectivity index (χ0) is 22.7. The molecule has 4 fully saturated rings. The Morgan fingerprint density at radius 1 is 1.12 bits per heavy atom. The Balaban J connectivity index is 1.28. The van der Waals surface area contributed by atoms with Gasteiger partial charge < -0.3 is 9.94 Å². The molecule has 4 aliphatic carbocycles. The zero-order valence-electron chi connectivity index (χ0n) is 18.9. The fourth-order valence-electron chi connectivity index (χ4n) is 7.91. The largest absolute Gasteiger partial charge is 0.393 e. The van der Waals surface area contributed by atoms with Gasteiger partial charge in [0.2, 0.25) is 0 Å². The lowest BCUT2D eigenvalue weighted by Gasteiger charge is -2.60. The van der Waals surface area contributed by atoms with Gasteiger partial charge in [-0.05, 0) is 98.4 Å². The maximum atomic E-state index is 10.9. The molecular weight excluding hydrogens is 428 g/mol. The second-order valence-electron chi connectivity index (χ2n) is 11.1. The van der Waals surface area contributed by atoms with E-state index in [9.17, 15) is 15.2 Å². The Hall–Kier alpha value is -1.66. The van der Waals surface area contributed by atoms with Gasteiger partial charge in [0.25, 0.3) is 5.69 Å². The van der Waals surface area contributed by atoms with Crippen LogP contribution in [-0.2, 0) is 0 Å². The monoisotopic (exact) mass is 460 g/mol. The van der Waals surface area contributed by atoms with E-state index in [1.165, 1.54) is 43.9 Å². The number of benzene rings is 1. The smallest absolute Gasteiger partial charge is 0.271 e. The highest BCUT2D eigenvalue weighted by atomic mass is 35.5. The van der Waals surface area contributed by atoms with Gasteiger partial charge >= 0.3 is 0 Å². The number of nitro benzene ring substituents is 1. The van der Waals surface area contributed by atoms with Crippen LogP contribution in [0.15, 0.2) is 23.4 Å². The van der Waals surface area contributed by atoms with Crippen LogP contribution in [0.2, 0.25) is 5.02 Å². The molecule has 4 aliphatic rings. The first-order chi connectivity index (χ1) is 15.2. The van der Waals surface area contributed by atoms with Gasteiger partial charge in [-0.25, -0.2) is 0 Å². The first-order valence-electron chi connectivity index (χ1n) is 12.1. The predicted octanol–water partition coefficient (Wildman–Crippen LogP) is 6.39. The van der Waals surface area contributed by atoms with Crippen molar-refractivity contribution in [3.8, 4) is 5.75 Å². The van der Waals surface area contributed by atoms with Gasteiger partial charge in [-0.1, -0.05) is 30.6 Å². The highest BCUT2D eigenvalue weighted by molar-refractivity contribution is 6.32. The van der Waals surface area contributed by atoms with Crippen LogP contribution in [0.3, 0.4) is 0 Å². The zero-order valence-corrected chi connectivity index (χ0v) is 19.7. The Bertz CT molecular complexity index is 952. The highest BCUT2D eigenvalue weighted by Gasteiger charge is 2.59. The summed E-state index contributed by atoms with van der Waals surface area (Å²) < 4.78 is 0. The third-order valence-corrected chi connectivity index (χ3v) is 10.1. The van der Waals surface area contributed by atoms with Crippen LogP contribution in [0, 0.1) is 44.6 Å². The van der Waals surface area contributed by atoms with E-state index >= 15 is 0 Å². The molecule has 0 unspecified atom stereocenters. The molecule has 0 spiro atoms. The molecule has 7 heteroatoms. The minimum absolute atomic E-state index is 0.0569. The molecule has 4 saturated carbocycles. The van der Waals surface area contributed by atoms with Gasteiger partial charge in [-0.3, -0.25) is 10.1 Å². The number of fused-ring (bicyclic) bond motifs is 5. The van der Waals surface area contributed by atoms with Gasteiger partial charge in [0.15, 0.2) is 5.75 Å². The predicted molar refractivity (Wildman–Crippen MR) is 124 cm³/mol. The summed E-state index contributed by atoms with van der Waals surface area (Å²) in [7, 11) is 0. The molecule has 32 heavy (non-hydrogen) atoms. The number of halogens is 1. The molecule has 0 amide bonds. The first-order valence-corrected chi connectivity index (χ1v) is 12.4. The molecule has 0 aliphatic heterocycles. The lowest BCUT2D eigenvalue weighted by molar-refractivity contribution is -0.384. The topological polar surface area (TPSA) is 85.0 Å². The molecule has 0 saturated heterocycles. The minimum atomic E-state index is -0.472. The van der Waals surface area contributed by atoms with Crippen molar-refractivity contribution in [1.29, 1.82) is 0 Å². The lowest BCUT2D eigenvalue weighted by Crippen LogP contribution is -2.54. The van der Waals surface area contributed by atoms with Crippen molar-refractivity contribution in [2.75, 3.05) is 0 Å². The molecule has 0 aromatic heterocycles. The average molecular weight is 461 g/mol. The normalized spacial score (nSPS) is 42.1. The Morgan fingerprint density at radius 2 is 1.91 bits per heavy atom. The van der Waals surface area contributed by atoms with E-state index in [1.807, 2.05) is 0 Å². The quantitative estimate of drug-likeness (QED) is 0.418. The van der Waals surface area contributed by atoms with Crippen LogP contribution in [0.25, 0.3) is 0 Å². The number of nitro groups is 1. The molecule has 5 rings (SSSR count). The molecule has 7 atom stereocenters. The standard InChI is InChI=1S/C25H33ClN2O4/c1-24-11-9-16(27-32-22-7-4-17(28(30)31)14-21(22)26)13-15(24)3-5-18-19-6-8-23(29)25(19,2)12-10-20(18)24/h4,7,14-15,18-20,23,29H,3,5-6,8-13H2,1-2H3/b27-16+/t15-,18-,19-,20-,23-,24-,25-/m0/s1. The third-order valence-electron chi connectivity index (χ3n) is 9.85. The summed E-state index contributed by atoms with van der Waals surface area (Å²) in [6.07, 6.45) is 9.93. The second kappa shape index (κ2) is 7.98. The molecule has 0 radical (unpaired) electrons. The van der Waals surface area contributed by atoms with Gasteiger partial charge in [0, 0.05) is 12.1 Å². The Morgan fingerprint density at radius 3 is 2.66 bits per heavy atom. The van der Waals surface area contributed by atoms with E-state index in [0.717, 1.165) is 49.7 Å². The number of hydrogen-bond donors (Lipinski definition) is 1. The van der Waals surface area contributed by atoms with Crippen LogP contribution in [-0.4, -0.2) is 21.8 Å². The summed E-state index contributed by atoms with van der Waals surface area (Å²) in [5.41, 5.74) is 1.47. The SMILES string of the molecule is C[C@]12CC/C(=N\Oc3ccc([N+](=O)[O-])cc3Cl)C[C@@H]1CC[C@@H]1[C@@H]2CC[C@]2(C)[C@@H](O)CC[C@@H]12. The van der Waals surface area contributed by atoms with Crippen LogP contribution in [0.1, 0.15) is 71.6 Å². The molecule has 6 nitrogen and oxygen atoms in total. The Labute approximate surface area is 194 Å². The molecule has 1 aromatic carbocycles. The second-order valence-corrected chi connectivity index (χ2v) is 11.5. The van der Waals surface area contributed by atoms with Crippen molar-refractivity contribution in [1.82, 2.24) is 0 Å². The molecular formula is C25H33ClN2O4. The number of oxime groups is 1. The summed E-state index contributed by atoms with van der Waals surface area (Å²) in [5.74, 6) is 3.14. The third kappa shape index (κ3) is 3.45. The molecule has 1 aromatic rings. The minimum Gasteiger partial charge on any atom is -0.393 e.